The lowest BCUT2D eigenvalue weighted by Gasteiger charge is -2.31. The van der Waals surface area contributed by atoms with Gasteiger partial charge >= 0.3 is 6.03 Å². The van der Waals surface area contributed by atoms with Crippen LogP contribution in [0.5, 0.6) is 0 Å². The summed E-state index contributed by atoms with van der Waals surface area (Å²) in [6, 6.07) is 1.64. The van der Waals surface area contributed by atoms with Crippen molar-refractivity contribution < 1.29 is 14.4 Å². The van der Waals surface area contributed by atoms with Crippen molar-refractivity contribution in [3.8, 4) is 0 Å². The van der Waals surface area contributed by atoms with Gasteiger partial charge in [0, 0.05) is 16.5 Å². The predicted octanol–water partition coefficient (Wildman–Crippen LogP) is 2.53. The molecule has 4 amide bonds. The molecule has 1 aromatic rings. The van der Waals surface area contributed by atoms with E-state index in [1.54, 1.807) is 11.3 Å². The van der Waals surface area contributed by atoms with Gasteiger partial charge in [0.2, 0.25) is 5.91 Å². The molecule has 0 bridgehead atoms. The summed E-state index contributed by atoms with van der Waals surface area (Å²) in [5.41, 5.74) is -0.0538. The fraction of sp³-hybridized carbons (Fsp3) is 0.632. The minimum absolute atomic E-state index is 0.159. The third-order valence-electron chi connectivity index (χ3n) is 6.02. The van der Waals surface area contributed by atoms with Crippen molar-refractivity contribution in [2.75, 3.05) is 6.54 Å². The molecule has 2 heterocycles. The molecule has 140 valence electrons. The van der Waals surface area contributed by atoms with Crippen molar-refractivity contribution in [3.63, 3.8) is 0 Å². The van der Waals surface area contributed by atoms with Gasteiger partial charge in [0.25, 0.3) is 5.91 Å². The van der Waals surface area contributed by atoms with E-state index in [1.165, 1.54) is 0 Å². The summed E-state index contributed by atoms with van der Waals surface area (Å²) in [7, 11) is 0. The largest absolute Gasteiger partial charge is 0.352 e. The lowest BCUT2D eigenvalue weighted by Crippen LogP contribution is -2.47. The first-order valence-corrected chi connectivity index (χ1v) is 10.4. The van der Waals surface area contributed by atoms with Gasteiger partial charge in [0.05, 0.1) is 0 Å². The summed E-state index contributed by atoms with van der Waals surface area (Å²) in [6.07, 6.45) is 6.55. The lowest BCUT2D eigenvalue weighted by atomic mass is 9.80. The SMILES string of the molecule is CC1CCC(NC(=O)CN2C(=O)N[C@@]3(CCCc4sccc43)C2=O)CC1. The van der Waals surface area contributed by atoms with Crippen LogP contribution in [-0.2, 0) is 21.5 Å². The van der Waals surface area contributed by atoms with Crippen LogP contribution in [0.4, 0.5) is 4.79 Å². The predicted molar refractivity (Wildman–Crippen MR) is 98.7 cm³/mol. The summed E-state index contributed by atoms with van der Waals surface area (Å²) in [6.45, 7) is 2.03. The maximum atomic E-state index is 13.1. The Kier molecular flexibility index (Phi) is 4.50. The number of carbonyl (C=O) groups excluding carboxylic acids is 3. The second-order valence-corrected chi connectivity index (χ2v) is 8.86. The molecule has 6 nitrogen and oxygen atoms in total. The molecule has 2 fully saturated rings. The van der Waals surface area contributed by atoms with E-state index in [2.05, 4.69) is 17.6 Å². The number of urea groups is 1. The second-order valence-electron chi connectivity index (χ2n) is 7.86. The minimum atomic E-state index is -0.967. The van der Waals surface area contributed by atoms with Gasteiger partial charge in [0.1, 0.15) is 12.1 Å². The molecule has 1 saturated carbocycles. The summed E-state index contributed by atoms with van der Waals surface area (Å²) < 4.78 is 0. The molecule has 0 aromatic carbocycles. The van der Waals surface area contributed by atoms with Gasteiger partial charge in [-0.2, -0.15) is 0 Å². The fourth-order valence-corrected chi connectivity index (χ4v) is 5.51. The summed E-state index contributed by atoms with van der Waals surface area (Å²) in [5, 5.41) is 7.86. The molecule has 1 atom stereocenters. The molecule has 0 radical (unpaired) electrons. The molecule has 1 aliphatic heterocycles. The van der Waals surface area contributed by atoms with Crippen LogP contribution in [0.25, 0.3) is 0 Å². The van der Waals surface area contributed by atoms with Gasteiger partial charge in [-0.15, -0.1) is 11.3 Å². The van der Waals surface area contributed by atoms with Crippen LogP contribution >= 0.6 is 11.3 Å². The van der Waals surface area contributed by atoms with E-state index in [0.29, 0.717) is 12.3 Å². The molecule has 1 spiro atoms. The first kappa shape index (κ1) is 17.5. The molecular weight excluding hydrogens is 350 g/mol. The van der Waals surface area contributed by atoms with Gasteiger partial charge in [0.15, 0.2) is 0 Å². The van der Waals surface area contributed by atoms with Crippen molar-refractivity contribution in [3.05, 3.63) is 21.9 Å². The molecule has 7 heteroatoms. The van der Waals surface area contributed by atoms with Crippen molar-refractivity contribution >= 4 is 29.2 Å². The Bertz CT molecular complexity index is 738. The Balaban J connectivity index is 1.45. The average Bonchev–Trinajstić information content (AvgIpc) is 3.18. The van der Waals surface area contributed by atoms with E-state index in [4.69, 9.17) is 0 Å². The number of carbonyl (C=O) groups is 3. The first-order valence-electron chi connectivity index (χ1n) is 9.50. The van der Waals surface area contributed by atoms with E-state index in [0.717, 1.165) is 53.9 Å². The smallest absolute Gasteiger partial charge is 0.325 e. The van der Waals surface area contributed by atoms with Gasteiger partial charge in [-0.1, -0.05) is 6.92 Å². The molecular formula is C19H25N3O3S. The van der Waals surface area contributed by atoms with E-state index >= 15 is 0 Å². The zero-order chi connectivity index (χ0) is 18.3. The molecule has 0 unspecified atom stereocenters. The summed E-state index contributed by atoms with van der Waals surface area (Å²) >= 11 is 1.63. The zero-order valence-electron chi connectivity index (χ0n) is 15.0. The Morgan fingerprint density at radius 2 is 2.12 bits per heavy atom. The van der Waals surface area contributed by atoms with Crippen LogP contribution < -0.4 is 10.6 Å². The van der Waals surface area contributed by atoms with Crippen LogP contribution in [0.2, 0.25) is 0 Å². The third kappa shape index (κ3) is 2.92. The summed E-state index contributed by atoms with van der Waals surface area (Å²) in [4.78, 5) is 40.2. The molecule has 4 rings (SSSR count). The number of hydrogen-bond acceptors (Lipinski definition) is 4. The molecule has 2 N–H and O–H groups in total. The normalized spacial score (nSPS) is 31.0. The maximum absolute atomic E-state index is 13.1. The average molecular weight is 375 g/mol. The molecule has 2 aliphatic carbocycles. The number of aryl methyl sites for hydroxylation is 1. The number of imide groups is 1. The van der Waals surface area contributed by atoms with E-state index in [9.17, 15) is 14.4 Å². The highest BCUT2D eigenvalue weighted by Gasteiger charge is 2.54. The van der Waals surface area contributed by atoms with Crippen molar-refractivity contribution in [2.24, 2.45) is 5.92 Å². The highest BCUT2D eigenvalue weighted by Crippen LogP contribution is 2.42. The van der Waals surface area contributed by atoms with E-state index in [1.807, 2.05) is 11.4 Å². The van der Waals surface area contributed by atoms with Gasteiger partial charge in [-0.3, -0.25) is 14.5 Å². The Morgan fingerprint density at radius 1 is 1.35 bits per heavy atom. The fourth-order valence-electron chi connectivity index (χ4n) is 4.51. The number of nitrogens with one attached hydrogen (secondary N) is 2. The van der Waals surface area contributed by atoms with Crippen LogP contribution in [0.1, 0.15) is 55.9 Å². The second kappa shape index (κ2) is 6.68. The monoisotopic (exact) mass is 375 g/mol. The van der Waals surface area contributed by atoms with Crippen molar-refractivity contribution in [2.45, 2.75) is 63.5 Å². The number of thiophene rings is 1. The van der Waals surface area contributed by atoms with Crippen LogP contribution in [0.15, 0.2) is 11.4 Å². The quantitative estimate of drug-likeness (QED) is 0.797. The topological polar surface area (TPSA) is 78.5 Å². The van der Waals surface area contributed by atoms with Crippen LogP contribution in [0.3, 0.4) is 0 Å². The van der Waals surface area contributed by atoms with Gasteiger partial charge < -0.3 is 10.6 Å². The Hall–Kier alpha value is -1.89. The van der Waals surface area contributed by atoms with E-state index < -0.39 is 11.6 Å². The Morgan fingerprint density at radius 3 is 2.88 bits per heavy atom. The number of fused-ring (bicyclic) bond motifs is 2. The van der Waals surface area contributed by atoms with Crippen LogP contribution in [0, 0.1) is 5.92 Å². The van der Waals surface area contributed by atoms with Gasteiger partial charge in [-0.05, 0) is 62.3 Å². The first-order chi connectivity index (χ1) is 12.5. The number of rotatable bonds is 3. The van der Waals surface area contributed by atoms with Crippen molar-refractivity contribution in [1.29, 1.82) is 0 Å². The molecule has 26 heavy (non-hydrogen) atoms. The molecule has 3 aliphatic rings. The minimum Gasteiger partial charge on any atom is -0.352 e. The third-order valence-corrected chi connectivity index (χ3v) is 7.00. The maximum Gasteiger partial charge on any atom is 0.325 e. The molecule has 1 saturated heterocycles. The Labute approximate surface area is 157 Å². The van der Waals surface area contributed by atoms with Crippen molar-refractivity contribution in [1.82, 2.24) is 15.5 Å². The lowest BCUT2D eigenvalue weighted by molar-refractivity contribution is -0.135. The number of amides is 4. The van der Waals surface area contributed by atoms with E-state index in [-0.39, 0.29) is 24.4 Å². The molecule has 1 aromatic heterocycles. The zero-order valence-corrected chi connectivity index (χ0v) is 15.9. The number of hydrogen-bond donors (Lipinski definition) is 2. The highest BCUT2D eigenvalue weighted by atomic mass is 32.1. The number of nitrogens with zero attached hydrogens (tertiary/aromatic N) is 1. The van der Waals surface area contributed by atoms with Gasteiger partial charge in [-0.25, -0.2) is 4.79 Å². The summed E-state index contributed by atoms with van der Waals surface area (Å²) in [5.74, 6) is 0.181. The standard InChI is InChI=1S/C19H25N3O3S/c1-12-4-6-13(7-5-12)20-16(23)11-22-17(24)19(21-18(22)25)9-2-3-15-14(19)8-10-26-15/h8,10,12-13H,2-7,9,11H2,1H3,(H,20,23)(H,21,25)/t12?,13?,19-/m1/s1. The van der Waals surface area contributed by atoms with Crippen LogP contribution in [-0.4, -0.2) is 35.3 Å². The highest BCUT2D eigenvalue weighted by molar-refractivity contribution is 7.10.